The SMILES string of the molecule is CCCC(CCC)(C(=O)O)N(C)C(C)C(C)C. The van der Waals surface area contributed by atoms with Crippen LogP contribution in [-0.2, 0) is 4.79 Å². The third-order valence-electron chi connectivity index (χ3n) is 3.98. The van der Waals surface area contributed by atoms with E-state index in [1.165, 1.54) is 0 Å². The van der Waals surface area contributed by atoms with Gasteiger partial charge in [-0.25, -0.2) is 0 Å². The highest BCUT2D eigenvalue weighted by Gasteiger charge is 2.42. The number of nitrogens with zero attached hydrogens (tertiary/aromatic N) is 1. The van der Waals surface area contributed by atoms with Gasteiger partial charge < -0.3 is 5.11 Å². The highest BCUT2D eigenvalue weighted by atomic mass is 16.4. The summed E-state index contributed by atoms with van der Waals surface area (Å²) in [4.78, 5) is 13.8. The van der Waals surface area contributed by atoms with Crippen molar-refractivity contribution in [2.75, 3.05) is 7.05 Å². The molecule has 3 nitrogen and oxygen atoms in total. The molecule has 102 valence electrons. The second kappa shape index (κ2) is 7.00. The van der Waals surface area contributed by atoms with Crippen molar-refractivity contribution in [2.45, 2.75) is 71.9 Å². The van der Waals surface area contributed by atoms with Gasteiger partial charge in [0.2, 0.25) is 0 Å². The molecule has 3 heteroatoms. The smallest absolute Gasteiger partial charge is 0.324 e. The van der Waals surface area contributed by atoms with E-state index in [1.54, 1.807) is 0 Å². The summed E-state index contributed by atoms with van der Waals surface area (Å²) in [5.74, 6) is -0.205. The minimum absolute atomic E-state index is 0.282. The monoisotopic (exact) mass is 243 g/mol. The quantitative estimate of drug-likeness (QED) is 0.710. The number of rotatable bonds is 8. The van der Waals surface area contributed by atoms with E-state index in [0.717, 1.165) is 25.7 Å². The zero-order valence-electron chi connectivity index (χ0n) is 12.3. The Morgan fingerprint density at radius 1 is 1.18 bits per heavy atom. The molecule has 0 amide bonds. The van der Waals surface area contributed by atoms with Gasteiger partial charge in [-0.1, -0.05) is 40.5 Å². The predicted molar refractivity (Wildman–Crippen MR) is 72.2 cm³/mol. The Balaban J connectivity index is 5.18. The highest BCUT2D eigenvalue weighted by Crippen LogP contribution is 2.30. The number of carboxylic acids is 1. The molecule has 1 atom stereocenters. The van der Waals surface area contributed by atoms with E-state index in [4.69, 9.17) is 0 Å². The maximum Gasteiger partial charge on any atom is 0.324 e. The van der Waals surface area contributed by atoms with Crippen molar-refractivity contribution in [3.8, 4) is 0 Å². The fourth-order valence-corrected chi connectivity index (χ4v) is 2.51. The molecule has 0 aromatic carbocycles. The van der Waals surface area contributed by atoms with Crippen molar-refractivity contribution in [1.82, 2.24) is 4.90 Å². The number of likely N-dealkylation sites (N-methyl/N-ethyl adjacent to an activating group) is 1. The number of hydrogen-bond donors (Lipinski definition) is 1. The summed E-state index contributed by atoms with van der Waals surface area (Å²) in [5.41, 5.74) is -0.687. The minimum Gasteiger partial charge on any atom is -0.480 e. The molecule has 0 aromatic heterocycles. The van der Waals surface area contributed by atoms with Crippen LogP contribution in [0.2, 0.25) is 0 Å². The Kier molecular flexibility index (Phi) is 6.76. The van der Waals surface area contributed by atoms with Gasteiger partial charge in [-0.05, 0) is 32.7 Å². The van der Waals surface area contributed by atoms with Crippen LogP contribution in [0.1, 0.15) is 60.3 Å². The van der Waals surface area contributed by atoms with Crippen LogP contribution in [0.15, 0.2) is 0 Å². The largest absolute Gasteiger partial charge is 0.480 e. The first kappa shape index (κ1) is 16.4. The maximum atomic E-state index is 11.7. The average Bonchev–Trinajstić information content (AvgIpc) is 2.26. The second-order valence-corrected chi connectivity index (χ2v) is 5.43. The number of aliphatic carboxylic acids is 1. The lowest BCUT2D eigenvalue weighted by Crippen LogP contribution is -2.57. The summed E-state index contributed by atoms with van der Waals surface area (Å²) in [6.07, 6.45) is 3.26. The van der Waals surface area contributed by atoms with E-state index < -0.39 is 11.5 Å². The molecule has 0 spiro atoms. The van der Waals surface area contributed by atoms with Crippen LogP contribution < -0.4 is 0 Å². The third kappa shape index (κ3) is 3.70. The lowest BCUT2D eigenvalue weighted by atomic mass is 9.84. The molecule has 0 aliphatic heterocycles. The molecule has 0 radical (unpaired) electrons. The van der Waals surface area contributed by atoms with Crippen LogP contribution in [0.3, 0.4) is 0 Å². The maximum absolute atomic E-state index is 11.7. The standard InChI is InChI=1S/C14H29NO2/c1-7-9-14(10-8-2,13(16)17)15(6)12(5)11(3)4/h11-12H,7-10H2,1-6H3,(H,16,17). The van der Waals surface area contributed by atoms with E-state index in [2.05, 4.69) is 39.5 Å². The zero-order chi connectivity index (χ0) is 13.6. The number of carbonyl (C=O) groups is 1. The van der Waals surface area contributed by atoms with Gasteiger partial charge in [0.05, 0.1) is 0 Å². The minimum atomic E-state index is -0.687. The van der Waals surface area contributed by atoms with Crippen molar-refractivity contribution in [1.29, 1.82) is 0 Å². The first-order valence-electron chi connectivity index (χ1n) is 6.79. The van der Waals surface area contributed by atoms with Crippen LogP contribution in [0, 0.1) is 5.92 Å². The van der Waals surface area contributed by atoms with E-state index in [1.807, 2.05) is 7.05 Å². The van der Waals surface area contributed by atoms with Gasteiger partial charge in [-0.2, -0.15) is 0 Å². The lowest BCUT2D eigenvalue weighted by molar-refractivity contribution is -0.154. The van der Waals surface area contributed by atoms with Crippen LogP contribution in [-0.4, -0.2) is 34.6 Å². The van der Waals surface area contributed by atoms with Crippen molar-refractivity contribution >= 4 is 5.97 Å². The van der Waals surface area contributed by atoms with Crippen molar-refractivity contribution < 1.29 is 9.90 Å². The van der Waals surface area contributed by atoms with Gasteiger partial charge in [0.25, 0.3) is 0 Å². The molecule has 0 aliphatic carbocycles. The van der Waals surface area contributed by atoms with E-state index >= 15 is 0 Å². The van der Waals surface area contributed by atoms with Gasteiger partial charge in [0.1, 0.15) is 5.54 Å². The summed E-state index contributed by atoms with van der Waals surface area (Å²) >= 11 is 0. The van der Waals surface area contributed by atoms with Crippen LogP contribution >= 0.6 is 0 Å². The molecule has 0 bridgehead atoms. The summed E-state index contributed by atoms with van der Waals surface area (Å²) in [7, 11) is 1.96. The fraction of sp³-hybridized carbons (Fsp3) is 0.929. The number of hydrogen-bond acceptors (Lipinski definition) is 2. The first-order chi connectivity index (χ1) is 7.83. The van der Waals surface area contributed by atoms with Gasteiger partial charge in [-0.15, -0.1) is 0 Å². The molecule has 1 unspecified atom stereocenters. The normalized spacial score (nSPS) is 14.4. The molecule has 17 heavy (non-hydrogen) atoms. The Morgan fingerprint density at radius 2 is 1.59 bits per heavy atom. The van der Waals surface area contributed by atoms with Crippen molar-refractivity contribution in [3.63, 3.8) is 0 Å². The zero-order valence-corrected chi connectivity index (χ0v) is 12.3. The van der Waals surface area contributed by atoms with Gasteiger partial charge in [-0.3, -0.25) is 9.69 Å². The molecule has 0 rings (SSSR count). The Morgan fingerprint density at radius 3 is 1.82 bits per heavy atom. The van der Waals surface area contributed by atoms with Crippen molar-refractivity contribution in [3.05, 3.63) is 0 Å². The van der Waals surface area contributed by atoms with Crippen LogP contribution in [0.25, 0.3) is 0 Å². The molecule has 0 fully saturated rings. The van der Waals surface area contributed by atoms with E-state index in [9.17, 15) is 9.90 Å². The van der Waals surface area contributed by atoms with Crippen LogP contribution in [0.5, 0.6) is 0 Å². The molecular formula is C14H29NO2. The Bertz CT molecular complexity index is 232. The van der Waals surface area contributed by atoms with E-state index in [0.29, 0.717) is 5.92 Å². The van der Waals surface area contributed by atoms with Gasteiger partial charge >= 0.3 is 5.97 Å². The second-order valence-electron chi connectivity index (χ2n) is 5.43. The topological polar surface area (TPSA) is 40.5 Å². The molecule has 0 saturated carbocycles. The van der Waals surface area contributed by atoms with Gasteiger partial charge in [0, 0.05) is 6.04 Å². The summed E-state index contributed by atoms with van der Waals surface area (Å²) in [6, 6.07) is 0.282. The van der Waals surface area contributed by atoms with E-state index in [-0.39, 0.29) is 6.04 Å². The summed E-state index contributed by atoms with van der Waals surface area (Å²) in [5, 5.41) is 9.65. The molecular weight excluding hydrogens is 214 g/mol. The summed E-state index contributed by atoms with van der Waals surface area (Å²) < 4.78 is 0. The first-order valence-corrected chi connectivity index (χ1v) is 6.79. The molecule has 0 aromatic rings. The fourth-order valence-electron chi connectivity index (χ4n) is 2.51. The highest BCUT2D eigenvalue weighted by molar-refractivity contribution is 5.78. The lowest BCUT2D eigenvalue weighted by Gasteiger charge is -2.43. The number of carboxylic acid groups (broad SMARTS) is 1. The van der Waals surface area contributed by atoms with Crippen LogP contribution in [0.4, 0.5) is 0 Å². The van der Waals surface area contributed by atoms with Gasteiger partial charge in [0.15, 0.2) is 0 Å². The average molecular weight is 243 g/mol. The van der Waals surface area contributed by atoms with Crippen molar-refractivity contribution in [2.24, 2.45) is 5.92 Å². The molecule has 0 heterocycles. The Labute approximate surface area is 106 Å². The Hall–Kier alpha value is -0.570. The third-order valence-corrected chi connectivity index (χ3v) is 3.98. The predicted octanol–water partition coefficient (Wildman–Crippen LogP) is 3.39. The molecule has 0 aliphatic rings. The molecule has 0 saturated heterocycles. The summed E-state index contributed by atoms with van der Waals surface area (Å²) in [6.45, 7) is 10.5. The molecule has 1 N–H and O–H groups in total.